The molecule has 3 aromatic carbocycles. The second kappa shape index (κ2) is 9.75. The Labute approximate surface area is 186 Å². The van der Waals surface area contributed by atoms with Gasteiger partial charge in [-0.3, -0.25) is 4.79 Å². The van der Waals surface area contributed by atoms with Gasteiger partial charge in [0, 0.05) is 20.9 Å². The number of aromatic nitrogens is 4. The molecule has 9 nitrogen and oxygen atoms in total. The van der Waals surface area contributed by atoms with Gasteiger partial charge in [0.15, 0.2) is 6.61 Å². The maximum Gasteiger partial charge on any atom is 0.341 e. The first kappa shape index (κ1) is 21.1. The summed E-state index contributed by atoms with van der Waals surface area (Å²) in [6, 6.07) is 21.5. The summed E-state index contributed by atoms with van der Waals surface area (Å²) in [5, 5.41) is 25.5. The average Bonchev–Trinajstić information content (AvgIpc) is 3.35. The Kier molecular flexibility index (Phi) is 6.42. The van der Waals surface area contributed by atoms with Crippen molar-refractivity contribution in [3.63, 3.8) is 0 Å². The predicted molar refractivity (Wildman–Crippen MR) is 118 cm³/mol. The number of tetrazole rings is 1. The molecule has 160 valence electrons. The largest absolute Gasteiger partial charge is 0.482 e. The molecule has 0 aliphatic heterocycles. The molecule has 4 aromatic rings. The van der Waals surface area contributed by atoms with E-state index in [1.165, 1.54) is 11.8 Å². The van der Waals surface area contributed by atoms with Crippen molar-refractivity contribution in [1.29, 1.82) is 0 Å². The number of amides is 1. The molecule has 0 aliphatic rings. The van der Waals surface area contributed by atoms with Crippen LogP contribution in [0.25, 0.3) is 11.4 Å². The average molecular weight is 447 g/mol. The molecule has 32 heavy (non-hydrogen) atoms. The molecule has 0 saturated carbocycles. The molecule has 10 heteroatoms. The van der Waals surface area contributed by atoms with Crippen LogP contribution in [0.4, 0.5) is 5.69 Å². The minimum atomic E-state index is -1.06. The molecule has 0 fully saturated rings. The number of hydrogen-bond acceptors (Lipinski definition) is 7. The number of ether oxygens (including phenoxy) is 1. The SMILES string of the molecule is O=C(O)COc1ccc(C(=O)Nc2ccccc2Sc2ccc(-c3nn[nH]n3)cc2)cc1. The van der Waals surface area contributed by atoms with Crippen LogP contribution in [0.2, 0.25) is 0 Å². The van der Waals surface area contributed by atoms with E-state index in [0.717, 1.165) is 15.4 Å². The van der Waals surface area contributed by atoms with Crippen LogP contribution in [-0.2, 0) is 4.79 Å². The molecule has 1 amide bonds. The van der Waals surface area contributed by atoms with Gasteiger partial charge in [0.1, 0.15) is 5.75 Å². The highest BCUT2D eigenvalue weighted by atomic mass is 32.2. The van der Waals surface area contributed by atoms with E-state index < -0.39 is 12.6 Å². The molecule has 1 aromatic heterocycles. The number of nitrogens with zero attached hydrogens (tertiary/aromatic N) is 3. The number of carboxylic acid groups (broad SMARTS) is 1. The van der Waals surface area contributed by atoms with Gasteiger partial charge in [-0.05, 0) is 65.9 Å². The lowest BCUT2D eigenvalue weighted by Crippen LogP contribution is -2.13. The standard InChI is InChI=1S/C22H17N5O4S/c28-20(29)13-31-16-9-5-15(6-10-16)22(30)23-18-3-1-2-4-19(18)32-17-11-7-14(8-12-17)21-24-26-27-25-21/h1-12H,13H2,(H,23,30)(H,28,29)(H,24,25,26,27). The number of H-pyrrole nitrogens is 1. The summed E-state index contributed by atoms with van der Waals surface area (Å²) < 4.78 is 5.09. The van der Waals surface area contributed by atoms with E-state index in [1.54, 1.807) is 24.3 Å². The maximum absolute atomic E-state index is 12.7. The van der Waals surface area contributed by atoms with Gasteiger partial charge in [-0.1, -0.05) is 23.9 Å². The molecule has 1 heterocycles. The van der Waals surface area contributed by atoms with E-state index in [1.807, 2.05) is 48.5 Å². The van der Waals surface area contributed by atoms with Crippen LogP contribution >= 0.6 is 11.8 Å². The van der Waals surface area contributed by atoms with E-state index in [2.05, 4.69) is 25.9 Å². The Balaban J connectivity index is 1.44. The molecule has 0 bridgehead atoms. The highest BCUT2D eigenvalue weighted by Crippen LogP contribution is 2.34. The number of anilines is 1. The van der Waals surface area contributed by atoms with Gasteiger partial charge in [0.2, 0.25) is 5.82 Å². The van der Waals surface area contributed by atoms with E-state index in [4.69, 9.17) is 9.84 Å². The normalized spacial score (nSPS) is 10.5. The van der Waals surface area contributed by atoms with Crippen molar-refractivity contribution in [1.82, 2.24) is 20.6 Å². The Morgan fingerprint density at radius 2 is 1.75 bits per heavy atom. The van der Waals surface area contributed by atoms with Crippen molar-refractivity contribution in [3.05, 3.63) is 78.4 Å². The van der Waals surface area contributed by atoms with Crippen molar-refractivity contribution >= 4 is 29.3 Å². The first-order chi connectivity index (χ1) is 15.6. The Morgan fingerprint density at radius 3 is 2.44 bits per heavy atom. The Morgan fingerprint density at radius 1 is 1.00 bits per heavy atom. The quantitative estimate of drug-likeness (QED) is 0.372. The summed E-state index contributed by atoms with van der Waals surface area (Å²) in [4.78, 5) is 25.1. The lowest BCUT2D eigenvalue weighted by atomic mass is 10.2. The number of aliphatic carboxylic acids is 1. The Bertz CT molecular complexity index is 1210. The van der Waals surface area contributed by atoms with Gasteiger partial charge in [-0.15, -0.1) is 10.2 Å². The summed E-state index contributed by atoms with van der Waals surface area (Å²) in [6.07, 6.45) is 0. The van der Waals surface area contributed by atoms with Gasteiger partial charge in [0.05, 0.1) is 5.69 Å². The highest BCUT2D eigenvalue weighted by Gasteiger charge is 2.11. The van der Waals surface area contributed by atoms with Crippen molar-refractivity contribution in [2.45, 2.75) is 9.79 Å². The molecule has 0 saturated heterocycles. The second-order valence-corrected chi connectivity index (χ2v) is 7.63. The minimum Gasteiger partial charge on any atom is -0.482 e. The number of carboxylic acids is 1. The summed E-state index contributed by atoms with van der Waals surface area (Å²) in [6.45, 7) is -0.438. The topological polar surface area (TPSA) is 130 Å². The number of para-hydroxylation sites is 1. The maximum atomic E-state index is 12.7. The molecule has 3 N–H and O–H groups in total. The lowest BCUT2D eigenvalue weighted by Gasteiger charge is -2.11. The molecule has 0 atom stereocenters. The number of carbonyl (C=O) groups is 2. The van der Waals surface area contributed by atoms with Crippen molar-refractivity contribution in [3.8, 4) is 17.1 Å². The fourth-order valence-corrected chi connectivity index (χ4v) is 3.69. The second-order valence-electron chi connectivity index (χ2n) is 6.52. The van der Waals surface area contributed by atoms with Gasteiger partial charge in [0.25, 0.3) is 5.91 Å². The highest BCUT2D eigenvalue weighted by molar-refractivity contribution is 7.99. The number of carbonyl (C=O) groups excluding carboxylic acids is 1. The third kappa shape index (κ3) is 5.29. The van der Waals surface area contributed by atoms with Gasteiger partial charge < -0.3 is 15.2 Å². The monoisotopic (exact) mass is 447 g/mol. The zero-order valence-corrected chi connectivity index (χ0v) is 17.4. The number of rotatable bonds is 8. The van der Waals surface area contributed by atoms with Crippen molar-refractivity contribution < 1.29 is 19.4 Å². The summed E-state index contributed by atoms with van der Waals surface area (Å²) >= 11 is 1.51. The van der Waals surface area contributed by atoms with Crippen LogP contribution < -0.4 is 10.1 Å². The number of aromatic amines is 1. The van der Waals surface area contributed by atoms with Gasteiger partial charge in [-0.25, -0.2) is 4.79 Å². The van der Waals surface area contributed by atoms with Crippen LogP contribution in [0, 0.1) is 0 Å². The molecule has 0 unspecified atom stereocenters. The zero-order valence-electron chi connectivity index (χ0n) is 16.6. The fourth-order valence-electron chi connectivity index (χ4n) is 2.78. The number of benzene rings is 3. The van der Waals surface area contributed by atoms with Crippen LogP contribution in [0.5, 0.6) is 5.75 Å². The van der Waals surface area contributed by atoms with E-state index in [-0.39, 0.29) is 5.91 Å². The van der Waals surface area contributed by atoms with Gasteiger partial charge in [-0.2, -0.15) is 5.21 Å². The van der Waals surface area contributed by atoms with Crippen LogP contribution in [-0.4, -0.2) is 44.2 Å². The van der Waals surface area contributed by atoms with Crippen LogP contribution in [0.15, 0.2) is 82.6 Å². The number of nitrogens with one attached hydrogen (secondary N) is 2. The first-order valence-electron chi connectivity index (χ1n) is 9.45. The molecule has 0 radical (unpaired) electrons. The van der Waals surface area contributed by atoms with E-state index >= 15 is 0 Å². The molecule has 4 rings (SSSR count). The Hall–Kier alpha value is -4.18. The summed E-state index contributed by atoms with van der Waals surface area (Å²) in [5.41, 5.74) is 1.95. The zero-order chi connectivity index (χ0) is 22.3. The van der Waals surface area contributed by atoms with Crippen LogP contribution in [0.3, 0.4) is 0 Å². The molecule has 0 spiro atoms. The van der Waals surface area contributed by atoms with E-state index in [9.17, 15) is 9.59 Å². The van der Waals surface area contributed by atoms with Gasteiger partial charge >= 0.3 is 5.97 Å². The van der Waals surface area contributed by atoms with E-state index in [0.29, 0.717) is 22.8 Å². The van der Waals surface area contributed by atoms with Crippen LogP contribution in [0.1, 0.15) is 10.4 Å². The molecular weight excluding hydrogens is 430 g/mol. The fraction of sp³-hybridized carbons (Fsp3) is 0.0455. The minimum absolute atomic E-state index is 0.282. The van der Waals surface area contributed by atoms with Crippen molar-refractivity contribution in [2.75, 3.05) is 11.9 Å². The number of hydrogen-bond donors (Lipinski definition) is 3. The lowest BCUT2D eigenvalue weighted by molar-refractivity contribution is -0.139. The molecular formula is C22H17N5O4S. The predicted octanol–water partition coefficient (Wildman–Crippen LogP) is 3.73. The first-order valence-corrected chi connectivity index (χ1v) is 10.3. The smallest absolute Gasteiger partial charge is 0.341 e. The summed E-state index contributed by atoms with van der Waals surface area (Å²) in [5.74, 6) is -0.446. The third-order valence-corrected chi connectivity index (χ3v) is 5.38. The summed E-state index contributed by atoms with van der Waals surface area (Å²) in [7, 11) is 0. The third-order valence-electron chi connectivity index (χ3n) is 4.30. The molecule has 0 aliphatic carbocycles. The van der Waals surface area contributed by atoms with Crippen molar-refractivity contribution in [2.24, 2.45) is 0 Å².